The van der Waals surface area contributed by atoms with E-state index >= 15 is 0 Å². The highest BCUT2D eigenvalue weighted by molar-refractivity contribution is 6.66. The Bertz CT molecular complexity index is 764. The third-order valence-corrected chi connectivity index (χ3v) is 4.62. The molecule has 0 saturated heterocycles. The van der Waals surface area contributed by atoms with Crippen molar-refractivity contribution in [1.29, 1.82) is 0 Å². The van der Waals surface area contributed by atoms with Crippen LogP contribution in [0.25, 0.3) is 0 Å². The van der Waals surface area contributed by atoms with E-state index in [1.165, 1.54) is 28.3 Å². The molecule has 0 atom stereocenters. The van der Waals surface area contributed by atoms with Crippen molar-refractivity contribution >= 4 is 16.8 Å². The molecule has 0 aliphatic heterocycles. The van der Waals surface area contributed by atoms with Crippen molar-refractivity contribution in [2.75, 3.05) is 0 Å². The topological polar surface area (TPSA) is 17.1 Å². The fourth-order valence-electron chi connectivity index (χ4n) is 3.74. The van der Waals surface area contributed by atoms with Gasteiger partial charge in [0, 0.05) is 17.9 Å². The maximum absolute atomic E-state index is 11.0. The molecule has 0 N–H and O–H groups in total. The molecule has 0 saturated carbocycles. The molecule has 21 heavy (non-hydrogen) atoms. The van der Waals surface area contributed by atoms with Crippen LogP contribution in [-0.4, -0.2) is 5.24 Å². The minimum atomic E-state index is -0.467. The van der Waals surface area contributed by atoms with E-state index in [2.05, 4.69) is 54.3 Å². The van der Waals surface area contributed by atoms with Crippen LogP contribution in [0.15, 0.2) is 65.9 Å². The lowest BCUT2D eigenvalue weighted by Gasteiger charge is -2.41. The second kappa shape index (κ2) is 4.73. The monoisotopic (exact) mass is 293 g/mol. The number of allylic oxidation sites excluding steroid dienone is 1. The van der Waals surface area contributed by atoms with Gasteiger partial charge in [-0.1, -0.05) is 48.5 Å². The van der Waals surface area contributed by atoms with Gasteiger partial charge < -0.3 is 0 Å². The third-order valence-electron chi connectivity index (χ3n) is 4.51. The third kappa shape index (κ3) is 1.90. The second-order valence-electron chi connectivity index (χ2n) is 5.57. The summed E-state index contributed by atoms with van der Waals surface area (Å²) in [5.74, 6) is 0.568. The van der Waals surface area contributed by atoms with E-state index in [1.54, 1.807) is 0 Å². The van der Waals surface area contributed by atoms with Gasteiger partial charge in [-0.3, -0.25) is 4.79 Å². The highest BCUT2D eigenvalue weighted by Gasteiger charge is 2.39. The average Bonchev–Trinajstić information content (AvgIpc) is 2.53. The van der Waals surface area contributed by atoms with Crippen LogP contribution < -0.4 is 0 Å². The van der Waals surface area contributed by atoms with Crippen molar-refractivity contribution in [2.24, 2.45) is 0 Å². The summed E-state index contributed by atoms with van der Waals surface area (Å²) >= 11 is 5.43. The largest absolute Gasteiger partial charge is 0.276 e. The Morgan fingerprint density at radius 2 is 1.52 bits per heavy atom. The highest BCUT2D eigenvalue weighted by atomic mass is 35.5. The first-order valence-corrected chi connectivity index (χ1v) is 7.46. The summed E-state index contributed by atoms with van der Waals surface area (Å²) < 4.78 is 0. The molecule has 2 aromatic rings. The number of benzene rings is 2. The van der Waals surface area contributed by atoms with Crippen molar-refractivity contribution in [3.63, 3.8) is 0 Å². The van der Waals surface area contributed by atoms with Gasteiger partial charge in [0.05, 0.1) is 0 Å². The van der Waals surface area contributed by atoms with Crippen LogP contribution in [0.4, 0.5) is 0 Å². The first-order valence-electron chi connectivity index (χ1n) is 7.08. The number of hydrogen-bond acceptors (Lipinski definition) is 1. The van der Waals surface area contributed by atoms with Crippen LogP contribution >= 0.6 is 11.6 Å². The lowest BCUT2D eigenvalue weighted by Crippen LogP contribution is -2.26. The van der Waals surface area contributed by atoms with Crippen molar-refractivity contribution in [1.82, 2.24) is 0 Å². The SMILES string of the molecule is O=[13C](Cl)C=C=C1CC2c3ccccc3C1c1ccccc12. The summed E-state index contributed by atoms with van der Waals surface area (Å²) in [5, 5.41) is -0.467. The van der Waals surface area contributed by atoms with Crippen LogP contribution in [0, 0.1) is 0 Å². The highest BCUT2D eigenvalue weighted by Crippen LogP contribution is 2.54. The molecule has 0 radical (unpaired) electrons. The molecule has 2 aromatic carbocycles. The number of halogens is 1. The van der Waals surface area contributed by atoms with E-state index in [0.29, 0.717) is 5.92 Å². The van der Waals surface area contributed by atoms with E-state index in [1.807, 2.05) is 0 Å². The minimum Gasteiger partial charge on any atom is -0.276 e. The minimum absolute atomic E-state index is 0.203. The first kappa shape index (κ1) is 12.6. The Balaban J connectivity index is 1.99. The summed E-state index contributed by atoms with van der Waals surface area (Å²) in [6.07, 6.45) is 2.27. The zero-order chi connectivity index (χ0) is 14.4. The Morgan fingerprint density at radius 1 is 1.00 bits per heavy atom. The summed E-state index contributed by atoms with van der Waals surface area (Å²) in [6.45, 7) is 0. The Labute approximate surface area is 128 Å². The second-order valence-corrected chi connectivity index (χ2v) is 5.94. The molecule has 0 fully saturated rings. The van der Waals surface area contributed by atoms with Crippen molar-refractivity contribution < 1.29 is 4.79 Å². The molecule has 3 aliphatic rings. The fraction of sp³-hybridized carbons (Fsp3) is 0.158. The molecule has 0 unspecified atom stereocenters. The van der Waals surface area contributed by atoms with Gasteiger partial charge in [0.2, 0.25) is 0 Å². The maximum atomic E-state index is 11.0. The lowest BCUT2D eigenvalue weighted by atomic mass is 9.62. The van der Waals surface area contributed by atoms with Crippen LogP contribution in [0.3, 0.4) is 0 Å². The number of fused-ring (bicyclic) bond motifs is 1. The average molecular weight is 294 g/mol. The van der Waals surface area contributed by atoms with Gasteiger partial charge in [-0.25, -0.2) is 0 Å². The molecule has 0 heterocycles. The van der Waals surface area contributed by atoms with Crippen LogP contribution in [0.2, 0.25) is 0 Å². The van der Waals surface area contributed by atoms with Gasteiger partial charge in [-0.05, 0) is 45.8 Å². The molecule has 0 spiro atoms. The molecular formula is C19H13ClO. The normalized spacial score (nSPS) is 21.3. The van der Waals surface area contributed by atoms with Gasteiger partial charge in [-0.2, -0.15) is 0 Å². The van der Waals surface area contributed by atoms with Crippen LogP contribution in [0.5, 0.6) is 0 Å². The fourth-order valence-corrected chi connectivity index (χ4v) is 3.80. The number of carbonyl (C=O) groups excluding carboxylic acids is 1. The summed E-state index contributed by atoms with van der Waals surface area (Å²) in [5.41, 5.74) is 9.79. The van der Waals surface area contributed by atoms with Gasteiger partial charge in [0.1, 0.15) is 0 Å². The molecule has 102 valence electrons. The van der Waals surface area contributed by atoms with E-state index in [-0.39, 0.29) is 5.92 Å². The molecular weight excluding hydrogens is 281 g/mol. The first-order chi connectivity index (χ1) is 10.3. The molecule has 2 heteroatoms. The number of hydrogen-bond donors (Lipinski definition) is 0. The Hall–Kier alpha value is -2.08. The van der Waals surface area contributed by atoms with Gasteiger partial charge >= 0.3 is 0 Å². The van der Waals surface area contributed by atoms with E-state index in [4.69, 9.17) is 11.6 Å². The van der Waals surface area contributed by atoms with E-state index < -0.39 is 5.24 Å². The van der Waals surface area contributed by atoms with E-state index in [9.17, 15) is 4.79 Å². The van der Waals surface area contributed by atoms with Gasteiger partial charge in [0.15, 0.2) is 0 Å². The predicted molar refractivity (Wildman–Crippen MR) is 83.6 cm³/mol. The molecule has 0 aromatic heterocycles. The number of rotatable bonds is 1. The Kier molecular flexibility index (Phi) is 2.85. The molecule has 3 aliphatic carbocycles. The van der Waals surface area contributed by atoms with Crippen molar-refractivity contribution in [3.05, 3.63) is 88.2 Å². The predicted octanol–water partition coefficient (Wildman–Crippen LogP) is 4.51. The zero-order valence-electron chi connectivity index (χ0n) is 11.3. The number of carbonyl (C=O) groups is 1. The Morgan fingerprint density at radius 3 is 2.05 bits per heavy atom. The van der Waals surface area contributed by atoms with Crippen LogP contribution in [0.1, 0.15) is 40.5 Å². The molecule has 0 amide bonds. The van der Waals surface area contributed by atoms with Gasteiger partial charge in [0.25, 0.3) is 5.24 Å². The zero-order valence-corrected chi connectivity index (χ0v) is 12.1. The standard InChI is InChI=1S/C19H13ClO/c20-18(21)10-9-12-11-17-13-5-1-3-7-15(13)19(12)16-8-4-2-6-14(16)17/h1-8,10,17,19H,11H2/i18+1. The molecule has 5 rings (SSSR count). The molecule has 1 nitrogen and oxygen atoms in total. The van der Waals surface area contributed by atoms with Gasteiger partial charge in [-0.15, -0.1) is 5.73 Å². The van der Waals surface area contributed by atoms with Crippen molar-refractivity contribution in [2.45, 2.75) is 18.3 Å². The van der Waals surface area contributed by atoms with Crippen LogP contribution in [-0.2, 0) is 4.79 Å². The summed E-state index contributed by atoms with van der Waals surface area (Å²) in [4.78, 5) is 11.0. The smallest absolute Gasteiger partial charge is 0.252 e. The molecule has 2 bridgehead atoms. The van der Waals surface area contributed by atoms with E-state index in [0.717, 1.165) is 12.0 Å². The summed E-state index contributed by atoms with van der Waals surface area (Å²) in [7, 11) is 0. The quantitative estimate of drug-likeness (QED) is 0.327. The van der Waals surface area contributed by atoms with Crippen molar-refractivity contribution in [3.8, 4) is 0 Å². The lowest BCUT2D eigenvalue weighted by molar-refractivity contribution is -0.107. The maximum Gasteiger partial charge on any atom is 0.252 e. The summed E-state index contributed by atoms with van der Waals surface area (Å²) in [6, 6.07) is 17.2.